The number of aromatic nitrogens is 1. The van der Waals surface area contributed by atoms with E-state index in [0.717, 1.165) is 11.1 Å². The summed E-state index contributed by atoms with van der Waals surface area (Å²) in [4.78, 5) is 4.09. The number of nitrogens with zero attached hydrogens (tertiary/aromatic N) is 2. The summed E-state index contributed by atoms with van der Waals surface area (Å²) in [6.45, 7) is 0. The minimum absolute atomic E-state index is 0.214. The van der Waals surface area contributed by atoms with Crippen molar-refractivity contribution in [1.82, 2.24) is 4.98 Å². The zero-order valence-corrected chi connectivity index (χ0v) is 11.0. The lowest BCUT2D eigenvalue weighted by Gasteiger charge is -2.27. The summed E-state index contributed by atoms with van der Waals surface area (Å²) in [7, 11) is 1.60. The highest BCUT2D eigenvalue weighted by atomic mass is 16.5. The molecule has 0 fully saturated rings. The van der Waals surface area contributed by atoms with Gasteiger partial charge in [-0.2, -0.15) is 0 Å². The Kier molecular flexibility index (Phi) is 3.25. The second-order valence-corrected chi connectivity index (χ2v) is 4.51. The summed E-state index contributed by atoms with van der Waals surface area (Å²) in [6.07, 6.45) is 3.76. The van der Waals surface area contributed by atoms with E-state index in [1.165, 1.54) is 0 Å². The van der Waals surface area contributed by atoms with Gasteiger partial charge in [-0.3, -0.25) is 4.98 Å². The molecule has 0 spiro atoms. The minimum atomic E-state index is -0.214. The van der Waals surface area contributed by atoms with Crippen LogP contribution in [0.4, 0.5) is 0 Å². The van der Waals surface area contributed by atoms with Crippen LogP contribution in [0, 0.1) is 0 Å². The molecule has 1 aromatic carbocycles. The Morgan fingerprint density at radius 2 is 2.30 bits per heavy atom. The van der Waals surface area contributed by atoms with Crippen LogP contribution in [0.3, 0.4) is 0 Å². The monoisotopic (exact) mass is 270 g/mol. The molecule has 0 radical (unpaired) electrons. The molecule has 2 aromatic rings. The van der Waals surface area contributed by atoms with E-state index in [2.05, 4.69) is 10.1 Å². The second-order valence-electron chi connectivity index (χ2n) is 4.51. The third kappa shape index (κ3) is 2.18. The molecule has 1 aliphatic heterocycles. The van der Waals surface area contributed by atoms with Crippen LogP contribution in [-0.4, -0.2) is 23.0 Å². The van der Waals surface area contributed by atoms with Crippen LogP contribution >= 0.6 is 0 Å². The molecule has 1 N–H and O–H groups in total. The average molecular weight is 270 g/mol. The fourth-order valence-electron chi connectivity index (χ4n) is 2.29. The minimum Gasteiger partial charge on any atom is -0.497 e. The fourth-order valence-corrected chi connectivity index (χ4v) is 2.29. The number of ether oxygens (including phenoxy) is 2. The van der Waals surface area contributed by atoms with Gasteiger partial charge >= 0.3 is 0 Å². The van der Waals surface area contributed by atoms with Crippen molar-refractivity contribution in [3.05, 3.63) is 53.9 Å². The summed E-state index contributed by atoms with van der Waals surface area (Å²) in [5, 5.41) is 12.6. The van der Waals surface area contributed by atoms with E-state index in [4.69, 9.17) is 9.47 Å². The largest absolute Gasteiger partial charge is 0.497 e. The van der Waals surface area contributed by atoms with E-state index in [1.54, 1.807) is 25.6 Å². The maximum Gasteiger partial charge on any atom is 0.133 e. The van der Waals surface area contributed by atoms with Gasteiger partial charge in [0, 0.05) is 36.0 Å². The van der Waals surface area contributed by atoms with E-state index in [9.17, 15) is 5.21 Å². The highest BCUT2D eigenvalue weighted by molar-refractivity contribution is 6.03. The van der Waals surface area contributed by atoms with Gasteiger partial charge in [0.05, 0.1) is 12.8 Å². The molecule has 2 heterocycles. The van der Waals surface area contributed by atoms with Gasteiger partial charge < -0.3 is 14.7 Å². The standard InChI is InChI=1S/C15H14N2O3/c1-19-11-4-5-12-13(17-18)8-14(20-15(12)7-11)10-3-2-6-16-9-10/h2-7,9,14,18H,8H2,1H3/b17-13-/t14-/m0/s1. The second kappa shape index (κ2) is 5.21. The van der Waals surface area contributed by atoms with Crippen molar-refractivity contribution in [3.8, 4) is 11.5 Å². The summed E-state index contributed by atoms with van der Waals surface area (Å²) in [6, 6.07) is 9.25. The normalized spacial score (nSPS) is 19.2. The summed E-state index contributed by atoms with van der Waals surface area (Å²) in [5.41, 5.74) is 2.33. The molecular weight excluding hydrogens is 256 g/mol. The highest BCUT2D eigenvalue weighted by Crippen LogP contribution is 2.37. The Morgan fingerprint density at radius 3 is 3.00 bits per heavy atom. The maximum atomic E-state index is 9.21. The first-order valence-corrected chi connectivity index (χ1v) is 6.27. The fraction of sp³-hybridized carbons (Fsp3) is 0.200. The lowest BCUT2D eigenvalue weighted by molar-refractivity contribution is 0.201. The van der Waals surface area contributed by atoms with Gasteiger partial charge in [-0.05, 0) is 18.2 Å². The van der Waals surface area contributed by atoms with Gasteiger partial charge in [-0.25, -0.2) is 0 Å². The Hall–Kier alpha value is -2.56. The Bertz CT molecular complexity index is 641. The third-order valence-electron chi connectivity index (χ3n) is 3.32. The van der Waals surface area contributed by atoms with Crippen molar-refractivity contribution >= 4 is 5.71 Å². The number of oxime groups is 1. The van der Waals surface area contributed by atoms with E-state index >= 15 is 0 Å². The summed E-state index contributed by atoms with van der Waals surface area (Å²) in [5.74, 6) is 1.35. The van der Waals surface area contributed by atoms with Gasteiger partial charge in [0.25, 0.3) is 0 Å². The third-order valence-corrected chi connectivity index (χ3v) is 3.32. The van der Waals surface area contributed by atoms with Gasteiger partial charge in [0.15, 0.2) is 0 Å². The highest BCUT2D eigenvalue weighted by Gasteiger charge is 2.27. The zero-order valence-electron chi connectivity index (χ0n) is 11.0. The van der Waals surface area contributed by atoms with Crippen LogP contribution in [0.5, 0.6) is 11.5 Å². The molecular formula is C15H14N2O3. The lowest BCUT2D eigenvalue weighted by atomic mass is 9.96. The zero-order chi connectivity index (χ0) is 13.9. The molecule has 1 aromatic heterocycles. The first-order valence-electron chi connectivity index (χ1n) is 6.27. The molecule has 1 atom stereocenters. The summed E-state index contributed by atoms with van der Waals surface area (Å²) < 4.78 is 11.2. The van der Waals surface area contributed by atoms with Crippen LogP contribution in [0.25, 0.3) is 0 Å². The van der Waals surface area contributed by atoms with Gasteiger partial charge in [-0.1, -0.05) is 11.2 Å². The number of fused-ring (bicyclic) bond motifs is 1. The molecule has 20 heavy (non-hydrogen) atoms. The number of methoxy groups -OCH3 is 1. The van der Waals surface area contributed by atoms with Crippen molar-refractivity contribution in [2.24, 2.45) is 5.16 Å². The SMILES string of the molecule is COc1ccc2c(c1)O[C@H](c1cccnc1)C/C2=N/O. The number of hydrogen-bond donors (Lipinski definition) is 1. The molecule has 0 bridgehead atoms. The van der Waals surface area contributed by atoms with Crippen LogP contribution in [-0.2, 0) is 0 Å². The van der Waals surface area contributed by atoms with Crippen molar-refractivity contribution in [1.29, 1.82) is 0 Å². The van der Waals surface area contributed by atoms with Gasteiger partial charge in [-0.15, -0.1) is 0 Å². The first-order chi connectivity index (χ1) is 9.81. The molecule has 3 rings (SSSR count). The molecule has 0 unspecified atom stereocenters. The first kappa shape index (κ1) is 12.5. The molecule has 1 aliphatic rings. The van der Waals surface area contributed by atoms with E-state index in [0.29, 0.717) is 23.6 Å². The van der Waals surface area contributed by atoms with E-state index < -0.39 is 0 Å². The topological polar surface area (TPSA) is 63.9 Å². The van der Waals surface area contributed by atoms with Gasteiger partial charge in [0.1, 0.15) is 17.6 Å². The van der Waals surface area contributed by atoms with Crippen molar-refractivity contribution in [2.45, 2.75) is 12.5 Å². The van der Waals surface area contributed by atoms with Crippen LogP contribution in [0.15, 0.2) is 47.9 Å². The molecule has 5 heteroatoms. The number of pyridine rings is 1. The quantitative estimate of drug-likeness (QED) is 0.673. The van der Waals surface area contributed by atoms with Crippen molar-refractivity contribution in [2.75, 3.05) is 7.11 Å². The van der Waals surface area contributed by atoms with Gasteiger partial charge in [0.2, 0.25) is 0 Å². The van der Waals surface area contributed by atoms with Crippen LogP contribution < -0.4 is 9.47 Å². The average Bonchev–Trinajstić information content (AvgIpc) is 2.54. The Morgan fingerprint density at radius 1 is 1.40 bits per heavy atom. The lowest BCUT2D eigenvalue weighted by Crippen LogP contribution is -2.21. The van der Waals surface area contributed by atoms with E-state index in [-0.39, 0.29) is 6.10 Å². The maximum absolute atomic E-state index is 9.21. The number of benzene rings is 1. The Balaban J connectivity index is 2.01. The predicted molar refractivity (Wildman–Crippen MR) is 73.5 cm³/mol. The Labute approximate surface area is 116 Å². The molecule has 102 valence electrons. The molecule has 5 nitrogen and oxygen atoms in total. The molecule has 0 saturated heterocycles. The van der Waals surface area contributed by atoms with Crippen molar-refractivity contribution in [3.63, 3.8) is 0 Å². The number of rotatable bonds is 2. The van der Waals surface area contributed by atoms with Crippen molar-refractivity contribution < 1.29 is 14.7 Å². The molecule has 0 saturated carbocycles. The van der Waals surface area contributed by atoms with E-state index in [1.807, 2.05) is 24.3 Å². The summed E-state index contributed by atoms with van der Waals surface area (Å²) >= 11 is 0. The van der Waals surface area contributed by atoms with Crippen LogP contribution in [0.2, 0.25) is 0 Å². The van der Waals surface area contributed by atoms with Crippen LogP contribution in [0.1, 0.15) is 23.7 Å². The smallest absolute Gasteiger partial charge is 0.133 e. The molecule has 0 aliphatic carbocycles. The predicted octanol–water partition coefficient (Wildman–Crippen LogP) is 2.79. The molecule has 0 amide bonds. The number of hydrogen-bond acceptors (Lipinski definition) is 5.